The first-order valence-electron chi connectivity index (χ1n) is 14.4. The zero-order valence-electron chi connectivity index (χ0n) is 24.0. The zero-order valence-corrected chi connectivity index (χ0v) is 24.0. The summed E-state index contributed by atoms with van der Waals surface area (Å²) in [6.45, 7) is 5.46. The Hall–Kier alpha value is -3.87. The van der Waals surface area contributed by atoms with Crippen molar-refractivity contribution in [3.63, 3.8) is 0 Å². The lowest BCUT2D eigenvalue weighted by Crippen LogP contribution is -2.52. The normalized spacial score (nSPS) is 25.2. The molecule has 2 amide bonds. The molecule has 4 aliphatic carbocycles. The number of ether oxygens (including phenoxy) is 1. The van der Waals surface area contributed by atoms with E-state index < -0.39 is 17.2 Å². The number of nitrogens with zero attached hydrogens (tertiary/aromatic N) is 3. The molecule has 1 aromatic heterocycles. The minimum atomic E-state index is -0.796. The smallest absolute Gasteiger partial charge is 0.410 e. The van der Waals surface area contributed by atoms with Crippen molar-refractivity contribution in [3.05, 3.63) is 41.8 Å². The van der Waals surface area contributed by atoms with E-state index in [1.807, 2.05) is 20.8 Å². The third-order valence-electron chi connectivity index (χ3n) is 8.46. The molecule has 4 saturated carbocycles. The van der Waals surface area contributed by atoms with Gasteiger partial charge in [0, 0.05) is 30.7 Å². The quantitative estimate of drug-likeness (QED) is 0.411. The molecule has 1 unspecified atom stereocenters. The van der Waals surface area contributed by atoms with E-state index in [9.17, 15) is 14.0 Å². The summed E-state index contributed by atoms with van der Waals surface area (Å²) in [7, 11) is 1.65. The Bertz CT molecular complexity index is 1430. The van der Waals surface area contributed by atoms with Crippen LogP contribution < -0.4 is 16.0 Å². The van der Waals surface area contributed by atoms with Gasteiger partial charge in [0.25, 0.3) is 0 Å². The fourth-order valence-corrected chi connectivity index (χ4v) is 5.60. The Morgan fingerprint density at radius 3 is 2.59 bits per heavy atom. The number of anilines is 3. The second-order valence-electron chi connectivity index (χ2n) is 13.0. The van der Waals surface area contributed by atoms with Gasteiger partial charge in [0.1, 0.15) is 22.8 Å². The molecule has 1 aromatic carbocycles. The minimum absolute atomic E-state index is 0.0813. The highest BCUT2D eigenvalue weighted by molar-refractivity contribution is 5.93. The van der Waals surface area contributed by atoms with E-state index in [0.29, 0.717) is 36.3 Å². The molecule has 4 fully saturated rings. The summed E-state index contributed by atoms with van der Waals surface area (Å²) >= 11 is 0. The molecule has 1 atom stereocenters. The molecule has 0 saturated heterocycles. The predicted octanol–water partition coefficient (Wildman–Crippen LogP) is 4.97. The molecule has 0 radical (unpaired) electrons. The number of benzene rings is 1. The number of nitrogens with one attached hydrogen (secondary N) is 3. The van der Waals surface area contributed by atoms with Gasteiger partial charge in [-0.05, 0) is 89.3 Å². The molecule has 216 valence electrons. The number of carbonyl (C=O) groups is 2. The van der Waals surface area contributed by atoms with Gasteiger partial charge in [0.2, 0.25) is 11.9 Å². The van der Waals surface area contributed by atoms with Gasteiger partial charge in [-0.2, -0.15) is 4.98 Å². The van der Waals surface area contributed by atoms with Crippen molar-refractivity contribution in [2.24, 2.45) is 11.3 Å². The Balaban J connectivity index is 1.04. The topological polar surface area (TPSA) is 108 Å². The largest absolute Gasteiger partial charge is 0.444 e. The van der Waals surface area contributed by atoms with Crippen molar-refractivity contribution >= 4 is 29.5 Å². The van der Waals surface area contributed by atoms with Crippen LogP contribution in [0.3, 0.4) is 0 Å². The van der Waals surface area contributed by atoms with E-state index in [0.717, 1.165) is 37.7 Å². The summed E-state index contributed by atoms with van der Waals surface area (Å²) in [4.78, 5) is 36.2. The molecule has 4 aliphatic rings. The lowest BCUT2D eigenvalue weighted by molar-refractivity contribution is -0.128. The Labute approximate surface area is 240 Å². The van der Waals surface area contributed by atoms with Gasteiger partial charge < -0.3 is 20.7 Å². The van der Waals surface area contributed by atoms with Gasteiger partial charge in [-0.15, -0.1) is 0 Å². The van der Waals surface area contributed by atoms with Gasteiger partial charge in [0.15, 0.2) is 0 Å². The van der Waals surface area contributed by atoms with Gasteiger partial charge in [0.05, 0.1) is 11.8 Å². The molecule has 6 rings (SSSR count). The van der Waals surface area contributed by atoms with Gasteiger partial charge in [-0.25, -0.2) is 14.2 Å². The number of rotatable bonds is 7. The van der Waals surface area contributed by atoms with Crippen molar-refractivity contribution in [2.45, 2.75) is 88.9 Å². The molecule has 10 heteroatoms. The number of hydrogen-bond donors (Lipinski definition) is 3. The van der Waals surface area contributed by atoms with Crippen LogP contribution in [-0.2, 0) is 9.53 Å². The van der Waals surface area contributed by atoms with Crippen LogP contribution in [0.5, 0.6) is 0 Å². The summed E-state index contributed by atoms with van der Waals surface area (Å²) in [5.41, 5.74) is 0.0268. The molecule has 9 nitrogen and oxygen atoms in total. The van der Waals surface area contributed by atoms with E-state index in [-0.39, 0.29) is 29.1 Å². The second-order valence-corrected chi connectivity index (χ2v) is 13.0. The summed E-state index contributed by atoms with van der Waals surface area (Å²) in [6.07, 6.45) is 7.55. The standard InChI is InChI=1S/C31H37FN6O3/c1-29(2,3)41-28(40)38(4)31(12-13-31)26(39)36-24-17-30(24)15-19(16-30)8-9-20-18-33-27(37-25(20)34-22-10-11-22)35-23-7-5-6-21(32)14-23/h5-7,14,18-19,22,24H,10-13,15-17H2,1-4H3,(H,36,39)(H2,33,34,35,37). The first-order chi connectivity index (χ1) is 19.4. The molecule has 3 N–H and O–H groups in total. The summed E-state index contributed by atoms with van der Waals surface area (Å²) in [5.74, 6) is 7.57. The molecule has 1 heterocycles. The Morgan fingerprint density at radius 2 is 1.93 bits per heavy atom. The average molecular weight is 561 g/mol. The van der Waals surface area contributed by atoms with Crippen LogP contribution in [-0.4, -0.2) is 57.1 Å². The average Bonchev–Trinajstić information content (AvgIpc) is 3.74. The van der Waals surface area contributed by atoms with Crippen LogP contribution in [0.15, 0.2) is 30.5 Å². The molecule has 0 aliphatic heterocycles. The van der Waals surface area contributed by atoms with Crippen LogP contribution in [0.25, 0.3) is 0 Å². The second kappa shape index (κ2) is 9.89. The van der Waals surface area contributed by atoms with E-state index in [1.165, 1.54) is 17.0 Å². The zero-order chi connectivity index (χ0) is 29.0. The van der Waals surface area contributed by atoms with Crippen molar-refractivity contribution in [2.75, 3.05) is 17.7 Å². The summed E-state index contributed by atoms with van der Waals surface area (Å²) in [6, 6.07) is 6.70. The lowest BCUT2D eigenvalue weighted by Gasteiger charge is -2.34. The third kappa shape index (κ3) is 5.95. The Kier molecular flexibility index (Phi) is 6.59. The van der Waals surface area contributed by atoms with Gasteiger partial charge in [-0.1, -0.05) is 17.9 Å². The van der Waals surface area contributed by atoms with Crippen molar-refractivity contribution in [1.29, 1.82) is 0 Å². The highest BCUT2D eigenvalue weighted by Gasteiger charge is 2.64. The number of likely N-dealkylation sites (N-methyl/N-ethyl adjacent to an activating group) is 1. The maximum atomic E-state index is 13.6. The van der Waals surface area contributed by atoms with E-state index in [1.54, 1.807) is 25.4 Å². The molecule has 1 spiro atoms. The highest BCUT2D eigenvalue weighted by atomic mass is 19.1. The third-order valence-corrected chi connectivity index (χ3v) is 8.46. The molecule has 2 aromatic rings. The van der Waals surface area contributed by atoms with Gasteiger partial charge in [-0.3, -0.25) is 9.69 Å². The number of hydrogen-bond acceptors (Lipinski definition) is 7. The van der Waals surface area contributed by atoms with Crippen LogP contribution in [0.1, 0.15) is 71.3 Å². The predicted molar refractivity (Wildman–Crippen MR) is 153 cm³/mol. The van der Waals surface area contributed by atoms with E-state index in [2.05, 4.69) is 37.8 Å². The van der Waals surface area contributed by atoms with Crippen LogP contribution in [0.2, 0.25) is 0 Å². The SMILES string of the molecule is CN(C(=O)OC(C)(C)C)C1(C(=O)NC2CC23CC(C#Cc2cnc(Nc4cccc(F)c4)nc2NC2CC2)C3)CC1. The molecular formula is C31H37FN6O3. The maximum Gasteiger partial charge on any atom is 0.410 e. The summed E-state index contributed by atoms with van der Waals surface area (Å²) < 4.78 is 19.0. The first-order valence-corrected chi connectivity index (χ1v) is 14.4. The number of aromatic nitrogens is 2. The fourth-order valence-electron chi connectivity index (χ4n) is 5.60. The van der Waals surface area contributed by atoms with Gasteiger partial charge >= 0.3 is 6.09 Å². The molecular weight excluding hydrogens is 523 g/mol. The number of carbonyl (C=O) groups excluding carboxylic acids is 2. The van der Waals surface area contributed by atoms with Crippen molar-refractivity contribution < 1.29 is 18.7 Å². The molecule has 0 bridgehead atoms. The van der Waals surface area contributed by atoms with Crippen LogP contribution >= 0.6 is 0 Å². The van der Waals surface area contributed by atoms with E-state index >= 15 is 0 Å². The minimum Gasteiger partial charge on any atom is -0.444 e. The first kappa shape index (κ1) is 27.3. The monoisotopic (exact) mass is 560 g/mol. The Morgan fingerprint density at radius 1 is 1.17 bits per heavy atom. The van der Waals surface area contributed by atoms with Crippen LogP contribution in [0.4, 0.5) is 26.6 Å². The van der Waals surface area contributed by atoms with Crippen LogP contribution in [0, 0.1) is 29.0 Å². The summed E-state index contributed by atoms with van der Waals surface area (Å²) in [5, 5.41) is 9.71. The maximum absolute atomic E-state index is 13.6. The van der Waals surface area contributed by atoms with Crippen molar-refractivity contribution in [1.82, 2.24) is 20.2 Å². The highest BCUT2D eigenvalue weighted by Crippen LogP contribution is 2.63. The number of halogens is 1. The number of amides is 2. The molecule has 41 heavy (non-hydrogen) atoms. The fraction of sp³-hybridized carbons (Fsp3) is 0.548. The van der Waals surface area contributed by atoms with E-state index in [4.69, 9.17) is 4.74 Å². The lowest BCUT2D eigenvalue weighted by atomic mass is 9.71. The van der Waals surface area contributed by atoms with Crippen molar-refractivity contribution in [3.8, 4) is 11.8 Å².